The lowest BCUT2D eigenvalue weighted by Crippen LogP contribution is -2.54. The van der Waals surface area contributed by atoms with Crippen molar-refractivity contribution in [2.75, 3.05) is 33.3 Å². The average molecular weight is 257 g/mol. The third kappa shape index (κ3) is 3.87. The topological polar surface area (TPSA) is 75.9 Å². The van der Waals surface area contributed by atoms with Crippen LogP contribution in [0, 0.1) is 5.92 Å². The van der Waals surface area contributed by atoms with Crippen LogP contribution >= 0.6 is 0 Å². The van der Waals surface area contributed by atoms with Gasteiger partial charge in [0.25, 0.3) is 0 Å². The molecule has 2 N–H and O–H groups in total. The average Bonchev–Trinajstić information content (AvgIpc) is 2.36. The number of amides is 2. The zero-order chi connectivity index (χ0) is 13.7. The minimum atomic E-state index is -0.435. The number of hydrogen-bond donors (Lipinski definition) is 1. The molecule has 18 heavy (non-hydrogen) atoms. The molecule has 104 valence electrons. The molecule has 6 nitrogen and oxygen atoms in total. The molecule has 1 saturated heterocycles. The molecule has 0 aliphatic carbocycles. The van der Waals surface area contributed by atoms with E-state index in [0.717, 1.165) is 0 Å². The molecule has 0 aromatic carbocycles. The molecule has 0 aromatic heterocycles. The van der Waals surface area contributed by atoms with Crippen LogP contribution in [0.3, 0.4) is 0 Å². The standard InChI is InChI=1S/C12H23N3O3/c1-9(2)8-10(13)11(16)14-4-6-15(7-5-14)12(17)18-3/h9-10H,4-8,13H2,1-3H3/t10-/m0/s1. The Morgan fingerprint density at radius 2 is 1.67 bits per heavy atom. The lowest BCUT2D eigenvalue weighted by molar-refractivity contribution is -0.134. The fourth-order valence-corrected chi connectivity index (χ4v) is 2.08. The SMILES string of the molecule is COC(=O)N1CCN(C(=O)[C@@H](N)CC(C)C)CC1. The maximum absolute atomic E-state index is 12.0. The number of nitrogens with two attached hydrogens (primary N) is 1. The predicted molar refractivity (Wildman–Crippen MR) is 68.0 cm³/mol. The first kappa shape index (κ1) is 14.8. The summed E-state index contributed by atoms with van der Waals surface area (Å²) in [6, 6.07) is -0.435. The molecule has 1 rings (SSSR count). The van der Waals surface area contributed by atoms with Gasteiger partial charge < -0.3 is 20.3 Å². The van der Waals surface area contributed by atoms with Gasteiger partial charge in [-0.25, -0.2) is 4.79 Å². The van der Waals surface area contributed by atoms with Crippen molar-refractivity contribution in [3.8, 4) is 0 Å². The highest BCUT2D eigenvalue weighted by molar-refractivity contribution is 5.82. The van der Waals surface area contributed by atoms with E-state index in [4.69, 9.17) is 5.73 Å². The minimum absolute atomic E-state index is 0.0202. The summed E-state index contributed by atoms with van der Waals surface area (Å²) in [6.45, 7) is 6.16. The molecular weight excluding hydrogens is 234 g/mol. The summed E-state index contributed by atoms with van der Waals surface area (Å²) in [4.78, 5) is 26.7. The van der Waals surface area contributed by atoms with Crippen LogP contribution in [0.2, 0.25) is 0 Å². The van der Waals surface area contributed by atoms with E-state index in [2.05, 4.69) is 4.74 Å². The van der Waals surface area contributed by atoms with Crippen molar-refractivity contribution in [3.63, 3.8) is 0 Å². The number of nitrogens with zero attached hydrogens (tertiary/aromatic N) is 2. The highest BCUT2D eigenvalue weighted by Gasteiger charge is 2.27. The van der Waals surface area contributed by atoms with Crippen molar-refractivity contribution in [3.05, 3.63) is 0 Å². The third-order valence-electron chi connectivity index (χ3n) is 3.07. The Labute approximate surface area is 108 Å². The molecule has 1 fully saturated rings. The summed E-state index contributed by atoms with van der Waals surface area (Å²) in [6.07, 6.45) is 0.351. The molecule has 0 unspecified atom stereocenters. The lowest BCUT2D eigenvalue weighted by Gasteiger charge is -2.35. The molecule has 6 heteroatoms. The van der Waals surface area contributed by atoms with Gasteiger partial charge in [-0.2, -0.15) is 0 Å². The van der Waals surface area contributed by atoms with Gasteiger partial charge >= 0.3 is 6.09 Å². The van der Waals surface area contributed by atoms with Crippen LogP contribution in [0.15, 0.2) is 0 Å². The van der Waals surface area contributed by atoms with Crippen molar-refractivity contribution in [1.82, 2.24) is 9.80 Å². The number of hydrogen-bond acceptors (Lipinski definition) is 4. The predicted octanol–water partition coefficient (Wildman–Crippen LogP) is 0.270. The fraction of sp³-hybridized carbons (Fsp3) is 0.833. The van der Waals surface area contributed by atoms with Crippen LogP contribution in [-0.4, -0.2) is 61.1 Å². The van der Waals surface area contributed by atoms with Crippen LogP contribution in [0.5, 0.6) is 0 Å². The molecule has 0 bridgehead atoms. The van der Waals surface area contributed by atoms with Gasteiger partial charge in [0.15, 0.2) is 0 Å². The van der Waals surface area contributed by atoms with E-state index in [1.165, 1.54) is 7.11 Å². The van der Waals surface area contributed by atoms with E-state index in [0.29, 0.717) is 38.5 Å². The second kappa shape index (κ2) is 6.58. The molecule has 1 aliphatic rings. The second-order valence-corrected chi connectivity index (χ2v) is 5.02. The van der Waals surface area contributed by atoms with E-state index >= 15 is 0 Å². The first-order chi connectivity index (χ1) is 8.45. The number of piperazine rings is 1. The summed E-state index contributed by atoms with van der Waals surface area (Å²) in [5.74, 6) is 0.383. The van der Waals surface area contributed by atoms with Gasteiger partial charge in [-0.1, -0.05) is 13.8 Å². The highest BCUT2D eigenvalue weighted by Crippen LogP contribution is 2.09. The second-order valence-electron chi connectivity index (χ2n) is 5.02. The van der Waals surface area contributed by atoms with Crippen molar-refractivity contribution in [2.45, 2.75) is 26.3 Å². The Morgan fingerprint density at radius 1 is 1.17 bits per heavy atom. The molecule has 0 radical (unpaired) electrons. The van der Waals surface area contributed by atoms with E-state index in [-0.39, 0.29) is 12.0 Å². The van der Waals surface area contributed by atoms with Crippen molar-refractivity contribution < 1.29 is 14.3 Å². The van der Waals surface area contributed by atoms with Crippen molar-refractivity contribution in [1.29, 1.82) is 0 Å². The third-order valence-corrected chi connectivity index (χ3v) is 3.07. The number of carbonyl (C=O) groups is 2. The first-order valence-corrected chi connectivity index (χ1v) is 6.33. The van der Waals surface area contributed by atoms with Gasteiger partial charge in [-0.3, -0.25) is 4.79 Å². The summed E-state index contributed by atoms with van der Waals surface area (Å²) in [5, 5.41) is 0. The van der Waals surface area contributed by atoms with Gasteiger partial charge in [0.05, 0.1) is 13.2 Å². The minimum Gasteiger partial charge on any atom is -0.453 e. The Bertz CT molecular complexity index is 299. The number of rotatable bonds is 3. The Hall–Kier alpha value is -1.30. The normalized spacial score (nSPS) is 17.8. The van der Waals surface area contributed by atoms with Gasteiger partial charge in [0.2, 0.25) is 5.91 Å². The van der Waals surface area contributed by atoms with E-state index < -0.39 is 6.04 Å². The summed E-state index contributed by atoms with van der Waals surface area (Å²) < 4.78 is 4.64. The van der Waals surface area contributed by atoms with Crippen molar-refractivity contribution >= 4 is 12.0 Å². The monoisotopic (exact) mass is 257 g/mol. The van der Waals surface area contributed by atoms with Crippen LogP contribution in [0.25, 0.3) is 0 Å². The zero-order valence-electron chi connectivity index (χ0n) is 11.4. The molecule has 2 amide bonds. The number of ether oxygens (including phenoxy) is 1. The lowest BCUT2D eigenvalue weighted by atomic mass is 10.0. The van der Waals surface area contributed by atoms with Gasteiger partial charge in [0.1, 0.15) is 0 Å². The van der Waals surface area contributed by atoms with Crippen LogP contribution < -0.4 is 5.73 Å². The summed E-state index contributed by atoms with van der Waals surface area (Å²) >= 11 is 0. The maximum atomic E-state index is 12.0. The maximum Gasteiger partial charge on any atom is 0.409 e. The van der Waals surface area contributed by atoms with Crippen LogP contribution in [-0.2, 0) is 9.53 Å². The summed E-state index contributed by atoms with van der Waals surface area (Å²) in [7, 11) is 1.36. The molecule has 1 atom stereocenters. The fourth-order valence-electron chi connectivity index (χ4n) is 2.08. The van der Waals surface area contributed by atoms with Crippen LogP contribution in [0.4, 0.5) is 4.79 Å². The van der Waals surface area contributed by atoms with Gasteiger partial charge in [-0.05, 0) is 12.3 Å². The van der Waals surface area contributed by atoms with E-state index in [9.17, 15) is 9.59 Å². The smallest absolute Gasteiger partial charge is 0.409 e. The zero-order valence-corrected chi connectivity index (χ0v) is 11.4. The first-order valence-electron chi connectivity index (χ1n) is 6.33. The van der Waals surface area contributed by atoms with Gasteiger partial charge in [0, 0.05) is 26.2 Å². The Kier molecular flexibility index (Phi) is 5.40. The number of carbonyl (C=O) groups excluding carboxylic acids is 2. The Balaban J connectivity index is 2.42. The van der Waals surface area contributed by atoms with E-state index in [1.54, 1.807) is 9.80 Å². The quantitative estimate of drug-likeness (QED) is 0.787. The molecule has 1 aliphatic heterocycles. The molecular formula is C12H23N3O3. The summed E-state index contributed by atoms with van der Waals surface area (Å²) in [5.41, 5.74) is 5.87. The van der Waals surface area contributed by atoms with Crippen molar-refractivity contribution in [2.24, 2.45) is 11.7 Å². The molecule has 0 saturated carbocycles. The molecule has 0 aromatic rings. The van der Waals surface area contributed by atoms with Crippen LogP contribution in [0.1, 0.15) is 20.3 Å². The van der Waals surface area contributed by atoms with E-state index in [1.807, 2.05) is 13.8 Å². The molecule has 1 heterocycles. The molecule has 0 spiro atoms. The largest absolute Gasteiger partial charge is 0.453 e. The number of methoxy groups -OCH3 is 1. The highest BCUT2D eigenvalue weighted by atomic mass is 16.5. The Morgan fingerprint density at radius 3 is 2.11 bits per heavy atom. The van der Waals surface area contributed by atoms with Gasteiger partial charge in [-0.15, -0.1) is 0 Å².